The largest absolute Gasteiger partial charge is 0.472 e. The van der Waals surface area contributed by atoms with Crippen LogP contribution in [0.4, 0.5) is 0 Å². The zero-order chi connectivity index (χ0) is 36.8. The van der Waals surface area contributed by atoms with E-state index in [-0.39, 0.29) is 32.6 Å². The topological polar surface area (TPSA) is 134 Å². The first-order valence-electron chi connectivity index (χ1n) is 20.0. The Morgan fingerprint density at radius 1 is 0.600 bits per heavy atom. The van der Waals surface area contributed by atoms with Crippen molar-refractivity contribution in [1.29, 1.82) is 0 Å². The maximum atomic E-state index is 12.5. The van der Waals surface area contributed by atoms with Crippen LogP contribution in [0.2, 0.25) is 0 Å². The summed E-state index contributed by atoms with van der Waals surface area (Å²) in [6, 6.07) is 0. The fraction of sp³-hybridized carbons (Fsp3) is 0.800. The minimum absolute atomic E-state index is 0.0494. The molecular formula is C40H74NO8P. The van der Waals surface area contributed by atoms with Crippen molar-refractivity contribution in [2.24, 2.45) is 5.73 Å². The monoisotopic (exact) mass is 728 g/mol. The molecule has 1 unspecified atom stereocenters. The van der Waals surface area contributed by atoms with Gasteiger partial charge in [-0.2, -0.15) is 0 Å². The van der Waals surface area contributed by atoms with Gasteiger partial charge in [0.2, 0.25) is 0 Å². The van der Waals surface area contributed by atoms with E-state index < -0.39 is 32.5 Å². The Balaban J connectivity index is 4.24. The molecule has 0 aromatic rings. The molecule has 3 N–H and O–H groups in total. The Labute approximate surface area is 305 Å². The van der Waals surface area contributed by atoms with Crippen molar-refractivity contribution in [3.8, 4) is 0 Å². The Bertz CT molecular complexity index is 923. The van der Waals surface area contributed by atoms with E-state index >= 15 is 0 Å². The molecule has 0 rings (SSSR count). The summed E-state index contributed by atoms with van der Waals surface area (Å²) in [4.78, 5) is 34.7. The Morgan fingerprint density at radius 2 is 1.04 bits per heavy atom. The third-order valence-corrected chi connectivity index (χ3v) is 9.23. The predicted octanol–water partition coefficient (Wildman–Crippen LogP) is 11.0. The first kappa shape index (κ1) is 48.2. The lowest BCUT2D eigenvalue weighted by Gasteiger charge is -2.19. The molecule has 10 heteroatoms. The molecule has 0 spiro atoms. The molecular weight excluding hydrogens is 653 g/mol. The number of ether oxygens (including phenoxy) is 2. The number of phosphoric ester groups is 1. The van der Waals surface area contributed by atoms with E-state index in [9.17, 15) is 19.0 Å². The van der Waals surface area contributed by atoms with Gasteiger partial charge in [0.05, 0.1) is 13.2 Å². The van der Waals surface area contributed by atoms with Gasteiger partial charge >= 0.3 is 19.8 Å². The van der Waals surface area contributed by atoms with Crippen LogP contribution in [0.1, 0.15) is 174 Å². The van der Waals surface area contributed by atoms with Gasteiger partial charge in [0, 0.05) is 19.4 Å². The molecule has 0 aromatic carbocycles. The van der Waals surface area contributed by atoms with Gasteiger partial charge in [0.15, 0.2) is 6.10 Å². The third kappa shape index (κ3) is 36.0. The van der Waals surface area contributed by atoms with E-state index in [0.717, 1.165) is 77.0 Å². The molecule has 0 fully saturated rings. The maximum Gasteiger partial charge on any atom is 0.472 e. The van der Waals surface area contributed by atoms with Crippen molar-refractivity contribution in [3.05, 3.63) is 36.5 Å². The highest BCUT2D eigenvalue weighted by Gasteiger charge is 2.25. The second kappa shape index (κ2) is 37.0. The standard InChI is InChI=1S/C40H74NO8P/c1-3-5-7-9-11-13-15-17-19-21-23-25-27-29-31-33-40(43)49-38(37-48-50(44,45)47-35-34-41)36-46-39(42)32-30-28-26-24-22-20-18-16-14-12-10-8-6-4-2/h11,13,16-19,38H,3-10,12,14-15,20-37,41H2,1-2H3,(H,44,45)/b13-11+,18-16+,19-17+/t38-/m1/s1. The van der Waals surface area contributed by atoms with Crippen molar-refractivity contribution in [1.82, 2.24) is 0 Å². The molecule has 9 nitrogen and oxygen atoms in total. The van der Waals surface area contributed by atoms with Crippen LogP contribution >= 0.6 is 7.82 Å². The number of carbonyl (C=O) groups excluding carboxylic acids is 2. The van der Waals surface area contributed by atoms with Crippen molar-refractivity contribution >= 4 is 19.8 Å². The van der Waals surface area contributed by atoms with Crippen LogP contribution in [-0.4, -0.2) is 49.3 Å². The van der Waals surface area contributed by atoms with E-state index in [1.807, 2.05) is 0 Å². The first-order chi connectivity index (χ1) is 24.3. The molecule has 0 aliphatic heterocycles. The predicted molar refractivity (Wildman–Crippen MR) is 206 cm³/mol. The van der Waals surface area contributed by atoms with Crippen molar-refractivity contribution in [3.63, 3.8) is 0 Å². The number of hydrogen-bond acceptors (Lipinski definition) is 8. The minimum atomic E-state index is -4.38. The number of esters is 2. The number of hydrogen-bond donors (Lipinski definition) is 2. The van der Waals surface area contributed by atoms with Crippen molar-refractivity contribution < 1.29 is 37.6 Å². The number of carbonyl (C=O) groups is 2. The first-order valence-corrected chi connectivity index (χ1v) is 21.5. The fourth-order valence-electron chi connectivity index (χ4n) is 5.25. The minimum Gasteiger partial charge on any atom is -0.462 e. The van der Waals surface area contributed by atoms with Crippen LogP contribution < -0.4 is 5.73 Å². The summed E-state index contributed by atoms with van der Waals surface area (Å²) in [5, 5.41) is 0. The molecule has 2 atom stereocenters. The summed E-state index contributed by atoms with van der Waals surface area (Å²) in [5.41, 5.74) is 5.33. The molecule has 0 radical (unpaired) electrons. The summed E-state index contributed by atoms with van der Waals surface area (Å²) >= 11 is 0. The van der Waals surface area contributed by atoms with E-state index in [1.54, 1.807) is 0 Å². The molecule has 0 saturated carbocycles. The van der Waals surface area contributed by atoms with Gasteiger partial charge in [-0.05, 0) is 70.6 Å². The highest BCUT2D eigenvalue weighted by molar-refractivity contribution is 7.47. The molecule has 0 heterocycles. The van der Waals surface area contributed by atoms with Crippen LogP contribution in [0.3, 0.4) is 0 Å². The van der Waals surface area contributed by atoms with E-state index in [0.29, 0.717) is 6.42 Å². The van der Waals surface area contributed by atoms with Crippen LogP contribution in [0.15, 0.2) is 36.5 Å². The molecule has 0 aliphatic rings. The number of phosphoric acid groups is 1. The van der Waals surface area contributed by atoms with Crippen molar-refractivity contribution in [2.75, 3.05) is 26.4 Å². The Kier molecular flexibility index (Phi) is 35.7. The number of rotatable bonds is 37. The zero-order valence-electron chi connectivity index (χ0n) is 31.9. The molecule has 292 valence electrons. The lowest BCUT2D eigenvalue weighted by molar-refractivity contribution is -0.161. The summed E-state index contributed by atoms with van der Waals surface area (Å²) in [6.07, 6.45) is 38.8. The second-order valence-electron chi connectivity index (χ2n) is 13.1. The molecule has 0 bridgehead atoms. The normalized spacial score (nSPS) is 13.8. The second-order valence-corrected chi connectivity index (χ2v) is 14.6. The van der Waals surface area contributed by atoms with E-state index in [2.05, 4.69) is 50.3 Å². The molecule has 0 amide bonds. The van der Waals surface area contributed by atoms with Crippen LogP contribution in [-0.2, 0) is 32.7 Å². The van der Waals surface area contributed by atoms with Gasteiger partial charge in [-0.3, -0.25) is 18.6 Å². The fourth-order valence-corrected chi connectivity index (χ4v) is 6.01. The summed E-state index contributed by atoms with van der Waals surface area (Å²) in [6.45, 7) is 3.66. The highest BCUT2D eigenvalue weighted by atomic mass is 31.2. The highest BCUT2D eigenvalue weighted by Crippen LogP contribution is 2.43. The Morgan fingerprint density at radius 3 is 1.58 bits per heavy atom. The number of nitrogens with two attached hydrogens (primary N) is 1. The molecule has 0 aromatic heterocycles. The lowest BCUT2D eigenvalue weighted by Crippen LogP contribution is -2.29. The summed E-state index contributed by atoms with van der Waals surface area (Å²) < 4.78 is 32.7. The lowest BCUT2D eigenvalue weighted by atomic mass is 10.1. The van der Waals surface area contributed by atoms with Gasteiger partial charge in [-0.15, -0.1) is 0 Å². The number of allylic oxidation sites excluding steroid dienone is 6. The van der Waals surface area contributed by atoms with Gasteiger partial charge in [-0.1, -0.05) is 127 Å². The van der Waals surface area contributed by atoms with E-state index in [4.69, 9.17) is 24.3 Å². The van der Waals surface area contributed by atoms with Crippen LogP contribution in [0, 0.1) is 0 Å². The van der Waals surface area contributed by atoms with Crippen LogP contribution in [0.25, 0.3) is 0 Å². The Hall–Kier alpha value is -1.77. The average molecular weight is 728 g/mol. The SMILES string of the molecule is CCCCC/C=C/C/C=C/CCCCCCCC(=O)O[C@H](COC(=O)CCCCCCC/C=C/CCCCCCC)COP(=O)(O)OCCN. The molecule has 50 heavy (non-hydrogen) atoms. The van der Waals surface area contributed by atoms with Gasteiger partial charge < -0.3 is 20.1 Å². The quantitative estimate of drug-likeness (QED) is 0.0277. The van der Waals surface area contributed by atoms with Crippen LogP contribution in [0.5, 0.6) is 0 Å². The third-order valence-electron chi connectivity index (χ3n) is 8.25. The van der Waals surface area contributed by atoms with E-state index in [1.165, 1.54) is 64.2 Å². The van der Waals surface area contributed by atoms with Gasteiger partial charge in [0.25, 0.3) is 0 Å². The summed E-state index contributed by atoms with van der Waals surface area (Å²) in [5.74, 6) is -0.856. The smallest absolute Gasteiger partial charge is 0.462 e. The average Bonchev–Trinajstić information content (AvgIpc) is 3.10. The zero-order valence-corrected chi connectivity index (χ0v) is 32.8. The number of unbranched alkanes of at least 4 members (excludes halogenated alkanes) is 18. The molecule has 0 aliphatic carbocycles. The van der Waals surface area contributed by atoms with Gasteiger partial charge in [0.1, 0.15) is 6.61 Å². The summed E-state index contributed by atoms with van der Waals surface area (Å²) in [7, 11) is -4.38. The van der Waals surface area contributed by atoms with Gasteiger partial charge in [-0.25, -0.2) is 4.57 Å². The van der Waals surface area contributed by atoms with Crippen molar-refractivity contribution in [2.45, 2.75) is 180 Å². The molecule has 0 saturated heterocycles. The maximum absolute atomic E-state index is 12.5.